The fraction of sp³-hybridized carbons (Fsp3) is 0.250. The number of thiazole rings is 1. The van der Waals surface area contributed by atoms with Crippen molar-refractivity contribution < 1.29 is 13.9 Å². The van der Waals surface area contributed by atoms with E-state index in [4.69, 9.17) is 9.15 Å². The highest BCUT2D eigenvalue weighted by Gasteiger charge is 2.16. The molecule has 0 unspecified atom stereocenters. The van der Waals surface area contributed by atoms with Gasteiger partial charge in [-0.3, -0.25) is 0 Å². The zero-order valence-electron chi connectivity index (χ0n) is 8.24. The molecule has 2 heterocycles. The van der Waals surface area contributed by atoms with Gasteiger partial charge < -0.3 is 9.15 Å². The fourth-order valence-electron chi connectivity index (χ4n) is 0.862. The van der Waals surface area contributed by atoms with Crippen LogP contribution in [0.4, 0.5) is 0 Å². The number of rotatable bonds is 4. The predicted octanol–water partition coefficient (Wildman–Crippen LogP) is 1.85. The van der Waals surface area contributed by atoms with Crippen LogP contribution in [0.5, 0.6) is 0 Å². The van der Waals surface area contributed by atoms with Crippen LogP contribution in [-0.4, -0.2) is 27.8 Å². The molecule has 6 nitrogen and oxygen atoms in total. The molecule has 0 spiro atoms. The van der Waals surface area contributed by atoms with Gasteiger partial charge in [0.2, 0.25) is 0 Å². The van der Waals surface area contributed by atoms with Gasteiger partial charge in [0.25, 0.3) is 5.22 Å². The van der Waals surface area contributed by atoms with Crippen LogP contribution in [-0.2, 0) is 4.74 Å². The standard InChI is InChI=1S/C8H7N3O3S2/c1-2-13-6(12)5-10-11-7(14-5)16-8-9-3-4-15-8/h3-4H,2H2,1H3. The monoisotopic (exact) mass is 257 g/mol. The molecule has 2 rings (SSSR count). The maximum Gasteiger partial charge on any atom is 0.396 e. The molecule has 0 aliphatic carbocycles. The number of hydrogen-bond donors (Lipinski definition) is 0. The first-order valence-corrected chi connectivity index (χ1v) is 6.07. The summed E-state index contributed by atoms with van der Waals surface area (Å²) in [4.78, 5) is 15.3. The van der Waals surface area contributed by atoms with E-state index in [1.165, 1.54) is 23.1 Å². The summed E-state index contributed by atoms with van der Waals surface area (Å²) in [6.45, 7) is 1.98. The molecule has 0 aromatic carbocycles. The number of aromatic nitrogens is 3. The molecule has 0 saturated heterocycles. The topological polar surface area (TPSA) is 78.1 Å². The van der Waals surface area contributed by atoms with Crippen molar-refractivity contribution in [3.05, 3.63) is 17.5 Å². The largest absolute Gasteiger partial charge is 0.459 e. The molecule has 16 heavy (non-hydrogen) atoms. The average Bonchev–Trinajstić information content (AvgIpc) is 2.90. The Morgan fingerprint density at radius 3 is 3.19 bits per heavy atom. The van der Waals surface area contributed by atoms with E-state index in [1.54, 1.807) is 13.1 Å². The minimum Gasteiger partial charge on any atom is -0.459 e. The second kappa shape index (κ2) is 5.08. The van der Waals surface area contributed by atoms with E-state index in [0.717, 1.165) is 4.34 Å². The number of carbonyl (C=O) groups excluding carboxylic acids is 1. The lowest BCUT2D eigenvalue weighted by Gasteiger charge is -1.93. The van der Waals surface area contributed by atoms with Gasteiger partial charge in [-0.25, -0.2) is 9.78 Å². The Morgan fingerprint density at radius 2 is 2.50 bits per heavy atom. The summed E-state index contributed by atoms with van der Waals surface area (Å²) in [6, 6.07) is 0. The van der Waals surface area contributed by atoms with Gasteiger partial charge in [0.15, 0.2) is 4.34 Å². The van der Waals surface area contributed by atoms with Crippen LogP contribution in [0.15, 0.2) is 25.6 Å². The first-order valence-electron chi connectivity index (χ1n) is 4.37. The molecule has 0 aliphatic rings. The Bertz CT molecular complexity index is 469. The number of esters is 1. The smallest absolute Gasteiger partial charge is 0.396 e. The molecule has 0 bridgehead atoms. The van der Waals surface area contributed by atoms with Gasteiger partial charge in [-0.05, 0) is 6.92 Å². The van der Waals surface area contributed by atoms with Crippen molar-refractivity contribution in [2.75, 3.05) is 6.61 Å². The lowest BCUT2D eigenvalue weighted by atomic mass is 10.7. The molecule has 0 fully saturated rings. The van der Waals surface area contributed by atoms with Crippen molar-refractivity contribution in [3.8, 4) is 0 Å². The number of nitrogens with zero attached hydrogens (tertiary/aromatic N) is 3. The number of hydrogen-bond acceptors (Lipinski definition) is 8. The van der Waals surface area contributed by atoms with Gasteiger partial charge in [-0.1, -0.05) is 5.10 Å². The third kappa shape index (κ3) is 2.58. The van der Waals surface area contributed by atoms with Gasteiger partial charge in [0.1, 0.15) is 0 Å². The molecule has 0 amide bonds. The van der Waals surface area contributed by atoms with Gasteiger partial charge in [-0.2, -0.15) is 0 Å². The van der Waals surface area contributed by atoms with Crippen molar-refractivity contribution in [2.45, 2.75) is 16.5 Å². The minimum absolute atomic E-state index is 0.138. The first-order chi connectivity index (χ1) is 7.79. The summed E-state index contributed by atoms with van der Waals surface area (Å²) < 4.78 is 10.6. The Kier molecular flexibility index (Phi) is 3.52. The third-order valence-corrected chi connectivity index (χ3v) is 3.16. The van der Waals surface area contributed by atoms with Crippen LogP contribution >= 0.6 is 23.1 Å². The molecule has 84 valence electrons. The summed E-state index contributed by atoms with van der Waals surface area (Å²) in [5.41, 5.74) is 0. The van der Waals surface area contributed by atoms with Gasteiger partial charge in [0.05, 0.1) is 6.61 Å². The lowest BCUT2D eigenvalue weighted by molar-refractivity contribution is 0.0475. The first kappa shape index (κ1) is 11.1. The van der Waals surface area contributed by atoms with E-state index in [-0.39, 0.29) is 17.7 Å². The maximum atomic E-state index is 11.2. The van der Waals surface area contributed by atoms with Crippen molar-refractivity contribution in [2.24, 2.45) is 0 Å². The Hall–Kier alpha value is -1.41. The van der Waals surface area contributed by atoms with E-state index >= 15 is 0 Å². The molecular formula is C8H7N3O3S2. The number of carbonyl (C=O) groups is 1. The van der Waals surface area contributed by atoms with E-state index < -0.39 is 5.97 Å². The van der Waals surface area contributed by atoms with Crippen LogP contribution in [0, 0.1) is 0 Å². The molecule has 2 aromatic rings. The predicted molar refractivity (Wildman–Crippen MR) is 56.5 cm³/mol. The molecule has 0 radical (unpaired) electrons. The van der Waals surface area contributed by atoms with E-state index in [0.29, 0.717) is 0 Å². The van der Waals surface area contributed by atoms with Crippen molar-refractivity contribution in [1.29, 1.82) is 0 Å². The highest BCUT2D eigenvalue weighted by atomic mass is 32.2. The average molecular weight is 257 g/mol. The lowest BCUT2D eigenvalue weighted by Crippen LogP contribution is -2.04. The van der Waals surface area contributed by atoms with E-state index in [2.05, 4.69) is 15.2 Å². The highest BCUT2D eigenvalue weighted by Crippen LogP contribution is 2.27. The van der Waals surface area contributed by atoms with Crippen LogP contribution in [0.25, 0.3) is 0 Å². The summed E-state index contributed by atoms with van der Waals surface area (Å²) in [6.07, 6.45) is 1.68. The molecule has 2 aromatic heterocycles. The van der Waals surface area contributed by atoms with Gasteiger partial charge in [0, 0.05) is 23.3 Å². The third-order valence-electron chi connectivity index (χ3n) is 1.44. The van der Waals surface area contributed by atoms with Gasteiger partial charge >= 0.3 is 11.9 Å². The Labute approximate surface area is 99.0 Å². The summed E-state index contributed by atoms with van der Waals surface area (Å²) in [7, 11) is 0. The van der Waals surface area contributed by atoms with Gasteiger partial charge in [-0.15, -0.1) is 16.4 Å². The molecule has 0 atom stereocenters. The Morgan fingerprint density at radius 1 is 1.62 bits per heavy atom. The van der Waals surface area contributed by atoms with Crippen molar-refractivity contribution >= 4 is 29.1 Å². The quantitative estimate of drug-likeness (QED) is 0.773. The molecule has 0 aliphatic heterocycles. The SMILES string of the molecule is CCOC(=O)c1nnc(Sc2nccs2)o1. The Balaban J connectivity index is 2.05. The normalized spacial score (nSPS) is 10.3. The number of ether oxygens (including phenoxy) is 1. The van der Waals surface area contributed by atoms with Crippen molar-refractivity contribution in [1.82, 2.24) is 15.2 Å². The second-order valence-electron chi connectivity index (χ2n) is 2.49. The zero-order chi connectivity index (χ0) is 11.4. The maximum absolute atomic E-state index is 11.2. The van der Waals surface area contributed by atoms with Crippen LogP contribution in [0.3, 0.4) is 0 Å². The minimum atomic E-state index is -0.610. The molecule has 0 saturated carbocycles. The fourth-order valence-corrected chi connectivity index (χ4v) is 2.26. The van der Waals surface area contributed by atoms with E-state index in [9.17, 15) is 4.79 Å². The van der Waals surface area contributed by atoms with Crippen LogP contribution < -0.4 is 0 Å². The molecule has 8 heteroatoms. The molecular weight excluding hydrogens is 250 g/mol. The highest BCUT2D eigenvalue weighted by molar-refractivity contribution is 8.00. The zero-order valence-corrected chi connectivity index (χ0v) is 9.88. The summed E-state index contributed by atoms with van der Waals surface area (Å²) >= 11 is 2.66. The summed E-state index contributed by atoms with van der Waals surface area (Å²) in [5, 5.41) is 9.40. The summed E-state index contributed by atoms with van der Waals surface area (Å²) in [5.74, 6) is -0.748. The molecule has 0 N–H and O–H groups in total. The van der Waals surface area contributed by atoms with Crippen LogP contribution in [0.2, 0.25) is 0 Å². The van der Waals surface area contributed by atoms with Crippen LogP contribution in [0.1, 0.15) is 17.6 Å². The second-order valence-corrected chi connectivity index (χ2v) is 4.59. The van der Waals surface area contributed by atoms with E-state index in [1.807, 2.05) is 5.38 Å². The van der Waals surface area contributed by atoms with Crippen molar-refractivity contribution in [3.63, 3.8) is 0 Å².